The number of amides is 2. The van der Waals surface area contributed by atoms with Crippen LogP contribution in [0.2, 0.25) is 0 Å². The molecule has 2 fully saturated rings. The van der Waals surface area contributed by atoms with Crippen LogP contribution in [0.15, 0.2) is 18.2 Å². The van der Waals surface area contributed by atoms with Gasteiger partial charge in [-0.15, -0.1) is 0 Å². The topological polar surface area (TPSA) is 85.2 Å². The molecule has 1 aromatic heterocycles. The van der Waals surface area contributed by atoms with E-state index in [0.29, 0.717) is 12.8 Å². The van der Waals surface area contributed by atoms with Gasteiger partial charge in [-0.05, 0) is 37.9 Å². The summed E-state index contributed by atoms with van der Waals surface area (Å²) in [4.78, 5) is 23.5. The number of aryl methyl sites for hydroxylation is 1. The van der Waals surface area contributed by atoms with Gasteiger partial charge < -0.3 is 10.1 Å². The molecule has 0 aliphatic carbocycles. The summed E-state index contributed by atoms with van der Waals surface area (Å²) in [6.07, 6.45) is 3.22. The SMILES string of the molecule is Cn1nc(C2CCC(=O)NC2=O)c2ccc(O[C@@H]3CCCNC3)cc21. The molecule has 2 N–H and O–H groups in total. The number of aromatic nitrogens is 2. The number of carbonyl (C=O) groups excluding carboxylic acids is 2. The number of nitrogens with one attached hydrogen (secondary N) is 2. The fraction of sp³-hybridized carbons (Fsp3) is 0.500. The molecule has 3 heterocycles. The maximum absolute atomic E-state index is 12.2. The Balaban J connectivity index is 1.62. The van der Waals surface area contributed by atoms with Crippen molar-refractivity contribution in [1.82, 2.24) is 20.4 Å². The summed E-state index contributed by atoms with van der Waals surface area (Å²) in [5.41, 5.74) is 1.66. The van der Waals surface area contributed by atoms with Crippen LogP contribution < -0.4 is 15.4 Å². The molecule has 0 bridgehead atoms. The van der Waals surface area contributed by atoms with E-state index in [0.717, 1.165) is 48.3 Å². The van der Waals surface area contributed by atoms with Gasteiger partial charge in [-0.1, -0.05) is 0 Å². The number of rotatable bonds is 3. The second-order valence-electron chi connectivity index (χ2n) is 6.78. The van der Waals surface area contributed by atoms with Crippen molar-refractivity contribution in [2.24, 2.45) is 7.05 Å². The highest BCUT2D eigenvalue weighted by molar-refractivity contribution is 6.02. The van der Waals surface area contributed by atoms with Crippen molar-refractivity contribution in [3.05, 3.63) is 23.9 Å². The lowest BCUT2D eigenvalue weighted by Gasteiger charge is -2.24. The van der Waals surface area contributed by atoms with Crippen molar-refractivity contribution in [2.45, 2.75) is 37.7 Å². The Morgan fingerprint density at radius 2 is 2.16 bits per heavy atom. The molecular weight excluding hydrogens is 320 g/mol. The van der Waals surface area contributed by atoms with Gasteiger partial charge in [0.1, 0.15) is 11.9 Å². The number of imide groups is 1. The van der Waals surface area contributed by atoms with Gasteiger partial charge in [0.25, 0.3) is 0 Å². The molecule has 2 aliphatic heterocycles. The monoisotopic (exact) mass is 342 g/mol. The molecule has 2 saturated heterocycles. The summed E-state index contributed by atoms with van der Waals surface area (Å²) in [5.74, 6) is -0.0298. The number of benzene rings is 1. The van der Waals surface area contributed by atoms with E-state index >= 15 is 0 Å². The fourth-order valence-electron chi connectivity index (χ4n) is 3.66. The number of carbonyl (C=O) groups is 2. The lowest BCUT2D eigenvalue weighted by Crippen LogP contribution is -2.39. The van der Waals surface area contributed by atoms with Gasteiger partial charge in [0.15, 0.2) is 0 Å². The lowest BCUT2D eigenvalue weighted by molar-refractivity contribution is -0.134. The molecule has 25 heavy (non-hydrogen) atoms. The summed E-state index contributed by atoms with van der Waals surface area (Å²) in [6, 6.07) is 5.88. The highest BCUT2D eigenvalue weighted by atomic mass is 16.5. The van der Waals surface area contributed by atoms with E-state index in [4.69, 9.17) is 4.74 Å². The molecule has 2 atom stereocenters. The minimum atomic E-state index is -0.379. The van der Waals surface area contributed by atoms with E-state index in [2.05, 4.69) is 15.7 Å². The van der Waals surface area contributed by atoms with Crippen molar-refractivity contribution < 1.29 is 14.3 Å². The molecule has 7 nitrogen and oxygen atoms in total. The minimum Gasteiger partial charge on any atom is -0.489 e. The average molecular weight is 342 g/mol. The van der Waals surface area contributed by atoms with Gasteiger partial charge in [0, 0.05) is 31.5 Å². The van der Waals surface area contributed by atoms with Crippen molar-refractivity contribution in [3.63, 3.8) is 0 Å². The van der Waals surface area contributed by atoms with Crippen LogP contribution in [0.4, 0.5) is 0 Å². The third-order valence-corrected chi connectivity index (χ3v) is 4.98. The average Bonchev–Trinajstić information content (AvgIpc) is 2.92. The zero-order chi connectivity index (χ0) is 17.4. The number of ether oxygens (including phenoxy) is 1. The second kappa shape index (κ2) is 6.48. The number of hydrogen-bond donors (Lipinski definition) is 2. The predicted molar refractivity (Wildman–Crippen MR) is 92.4 cm³/mol. The van der Waals surface area contributed by atoms with E-state index in [1.165, 1.54) is 0 Å². The van der Waals surface area contributed by atoms with Crippen LogP contribution in [-0.2, 0) is 16.6 Å². The van der Waals surface area contributed by atoms with Crippen LogP contribution in [0.3, 0.4) is 0 Å². The second-order valence-corrected chi connectivity index (χ2v) is 6.78. The first-order valence-corrected chi connectivity index (χ1v) is 8.79. The standard InChI is InChI=1S/C18H22N4O3/c1-22-15-9-11(25-12-3-2-8-19-10-12)4-5-13(15)17(21-22)14-6-7-16(23)20-18(14)24/h4-5,9,12,14,19H,2-3,6-8,10H2,1H3,(H,20,23,24)/t12-,14?/m1/s1. The number of nitrogens with zero attached hydrogens (tertiary/aromatic N) is 2. The third kappa shape index (κ3) is 3.11. The molecule has 0 spiro atoms. The summed E-state index contributed by atoms with van der Waals surface area (Å²) >= 11 is 0. The van der Waals surface area contributed by atoms with Crippen molar-refractivity contribution in [2.75, 3.05) is 13.1 Å². The molecule has 7 heteroatoms. The molecule has 1 aromatic carbocycles. The van der Waals surface area contributed by atoms with Crippen LogP contribution >= 0.6 is 0 Å². The van der Waals surface area contributed by atoms with Crippen LogP contribution in [0.5, 0.6) is 5.75 Å². The largest absolute Gasteiger partial charge is 0.489 e. The van der Waals surface area contributed by atoms with E-state index in [1.807, 2.05) is 25.2 Å². The molecule has 132 valence electrons. The maximum atomic E-state index is 12.2. The van der Waals surface area contributed by atoms with Gasteiger partial charge >= 0.3 is 0 Å². The lowest BCUT2D eigenvalue weighted by atomic mass is 9.93. The van der Waals surface area contributed by atoms with Crippen molar-refractivity contribution >= 4 is 22.7 Å². The summed E-state index contributed by atoms with van der Waals surface area (Å²) in [6.45, 7) is 1.92. The highest BCUT2D eigenvalue weighted by Gasteiger charge is 2.31. The van der Waals surface area contributed by atoms with E-state index < -0.39 is 0 Å². The van der Waals surface area contributed by atoms with Gasteiger partial charge in [-0.25, -0.2) is 0 Å². The molecule has 1 unspecified atom stereocenters. The molecule has 2 aliphatic rings. The van der Waals surface area contributed by atoms with Crippen molar-refractivity contribution in [1.29, 1.82) is 0 Å². The highest BCUT2D eigenvalue weighted by Crippen LogP contribution is 2.32. The van der Waals surface area contributed by atoms with Crippen LogP contribution in [0.1, 0.15) is 37.3 Å². The number of fused-ring (bicyclic) bond motifs is 1. The van der Waals surface area contributed by atoms with Crippen LogP contribution in [0.25, 0.3) is 10.9 Å². The van der Waals surface area contributed by atoms with E-state index in [1.54, 1.807) is 4.68 Å². The Hall–Kier alpha value is -2.41. The first-order valence-electron chi connectivity index (χ1n) is 8.79. The Kier molecular flexibility index (Phi) is 4.17. The third-order valence-electron chi connectivity index (χ3n) is 4.98. The minimum absolute atomic E-state index is 0.189. The predicted octanol–water partition coefficient (Wildman–Crippen LogP) is 1.22. The zero-order valence-electron chi connectivity index (χ0n) is 14.2. The van der Waals surface area contributed by atoms with E-state index in [-0.39, 0.29) is 23.8 Å². The summed E-state index contributed by atoms with van der Waals surface area (Å²) in [7, 11) is 1.86. The van der Waals surface area contributed by atoms with Gasteiger partial charge in [0.2, 0.25) is 11.8 Å². The first-order chi connectivity index (χ1) is 12.1. The molecule has 0 saturated carbocycles. The Morgan fingerprint density at radius 1 is 1.28 bits per heavy atom. The Morgan fingerprint density at radius 3 is 2.92 bits per heavy atom. The molecule has 2 amide bonds. The van der Waals surface area contributed by atoms with Crippen LogP contribution in [-0.4, -0.2) is 40.8 Å². The van der Waals surface area contributed by atoms with Gasteiger partial charge in [-0.2, -0.15) is 5.10 Å². The van der Waals surface area contributed by atoms with Gasteiger partial charge in [-0.3, -0.25) is 19.6 Å². The zero-order valence-corrected chi connectivity index (χ0v) is 14.2. The maximum Gasteiger partial charge on any atom is 0.235 e. The molecule has 2 aromatic rings. The molecular formula is C18H22N4O3. The Labute approximate surface area is 145 Å². The summed E-state index contributed by atoms with van der Waals surface area (Å²) in [5, 5.41) is 11.2. The normalized spacial score (nSPS) is 24.4. The van der Waals surface area contributed by atoms with Crippen molar-refractivity contribution in [3.8, 4) is 5.75 Å². The summed E-state index contributed by atoms with van der Waals surface area (Å²) < 4.78 is 7.86. The van der Waals surface area contributed by atoms with Crippen LogP contribution in [0, 0.1) is 0 Å². The smallest absolute Gasteiger partial charge is 0.235 e. The fourth-order valence-corrected chi connectivity index (χ4v) is 3.66. The Bertz CT molecular complexity index is 823. The molecule has 0 radical (unpaired) electrons. The number of hydrogen-bond acceptors (Lipinski definition) is 5. The quantitative estimate of drug-likeness (QED) is 0.820. The number of piperidine rings is 2. The first kappa shape index (κ1) is 16.1. The van der Waals surface area contributed by atoms with Gasteiger partial charge in [0.05, 0.1) is 17.1 Å². The van der Waals surface area contributed by atoms with E-state index in [9.17, 15) is 9.59 Å². The molecule has 4 rings (SSSR count).